The molecule has 50 heavy (non-hydrogen) atoms. The van der Waals surface area contributed by atoms with Gasteiger partial charge < -0.3 is 14.2 Å². The minimum absolute atomic E-state index is 0.0813. The molecule has 0 radical (unpaired) electrons. The first kappa shape index (κ1) is 48.1. The van der Waals surface area contributed by atoms with Crippen molar-refractivity contribution in [3.63, 3.8) is 0 Å². The van der Waals surface area contributed by atoms with Crippen LogP contribution in [0.2, 0.25) is 0 Å². The molecule has 5 heteroatoms. The lowest BCUT2D eigenvalue weighted by molar-refractivity contribution is -0.163. The van der Waals surface area contributed by atoms with Crippen molar-refractivity contribution in [1.29, 1.82) is 0 Å². The van der Waals surface area contributed by atoms with Gasteiger partial charge in [0.05, 0.1) is 6.61 Å². The highest BCUT2D eigenvalue weighted by atomic mass is 16.6. The summed E-state index contributed by atoms with van der Waals surface area (Å²) in [5.41, 5.74) is 0. The summed E-state index contributed by atoms with van der Waals surface area (Å²) in [4.78, 5) is 24.9. The number of unbranched alkanes of at least 4 members (excludes halogenated alkanes) is 22. The van der Waals surface area contributed by atoms with Crippen LogP contribution in [0.15, 0.2) is 36.5 Å². The third-order valence-electron chi connectivity index (χ3n) is 9.18. The average Bonchev–Trinajstić information content (AvgIpc) is 3.11. The Balaban J connectivity index is 4.05. The van der Waals surface area contributed by atoms with E-state index in [1.807, 2.05) is 0 Å². The molecule has 0 aliphatic heterocycles. The summed E-state index contributed by atoms with van der Waals surface area (Å²) in [5.74, 6) is -0.420. The molecular formula is C45H82O5. The summed E-state index contributed by atoms with van der Waals surface area (Å²) in [5, 5.41) is 0. The molecule has 0 N–H and O–H groups in total. The second-order valence-electron chi connectivity index (χ2n) is 14.3. The number of esters is 2. The number of allylic oxidation sites excluding steroid dienone is 6. The van der Waals surface area contributed by atoms with Crippen molar-refractivity contribution in [2.45, 2.75) is 219 Å². The van der Waals surface area contributed by atoms with Crippen molar-refractivity contribution in [1.82, 2.24) is 0 Å². The molecule has 0 saturated carbocycles. The molecular weight excluding hydrogens is 620 g/mol. The zero-order valence-electron chi connectivity index (χ0n) is 33.4. The fourth-order valence-corrected chi connectivity index (χ4v) is 5.93. The monoisotopic (exact) mass is 703 g/mol. The normalized spacial score (nSPS) is 12.5. The lowest BCUT2D eigenvalue weighted by Gasteiger charge is -2.18. The van der Waals surface area contributed by atoms with Crippen LogP contribution in [0.3, 0.4) is 0 Å². The molecule has 0 saturated heterocycles. The van der Waals surface area contributed by atoms with E-state index in [4.69, 9.17) is 14.2 Å². The summed E-state index contributed by atoms with van der Waals surface area (Å²) in [6.45, 7) is 7.72. The van der Waals surface area contributed by atoms with Crippen molar-refractivity contribution in [3.05, 3.63) is 36.5 Å². The van der Waals surface area contributed by atoms with Crippen LogP contribution in [0.1, 0.15) is 213 Å². The van der Waals surface area contributed by atoms with Crippen LogP contribution in [-0.2, 0) is 23.8 Å². The topological polar surface area (TPSA) is 61.8 Å². The van der Waals surface area contributed by atoms with E-state index in [-0.39, 0.29) is 25.2 Å². The number of rotatable bonds is 39. The smallest absolute Gasteiger partial charge is 0.306 e. The molecule has 0 aromatic heterocycles. The predicted octanol–water partition coefficient (Wildman–Crippen LogP) is 13.9. The van der Waals surface area contributed by atoms with E-state index in [2.05, 4.69) is 57.2 Å². The first-order chi connectivity index (χ1) is 24.6. The van der Waals surface area contributed by atoms with E-state index in [0.717, 1.165) is 64.2 Å². The predicted molar refractivity (Wildman–Crippen MR) is 215 cm³/mol. The first-order valence-corrected chi connectivity index (χ1v) is 21.5. The van der Waals surface area contributed by atoms with Crippen molar-refractivity contribution in [3.8, 4) is 0 Å². The van der Waals surface area contributed by atoms with Gasteiger partial charge in [0.1, 0.15) is 6.61 Å². The second kappa shape index (κ2) is 41.5. The lowest BCUT2D eigenvalue weighted by atomic mass is 10.1. The van der Waals surface area contributed by atoms with Gasteiger partial charge in [0.25, 0.3) is 0 Å². The maximum absolute atomic E-state index is 12.5. The molecule has 0 aliphatic carbocycles. The van der Waals surface area contributed by atoms with Crippen LogP contribution < -0.4 is 0 Å². The third-order valence-corrected chi connectivity index (χ3v) is 9.18. The summed E-state index contributed by atoms with van der Waals surface area (Å²) >= 11 is 0. The van der Waals surface area contributed by atoms with Gasteiger partial charge in [-0.1, -0.05) is 179 Å². The standard InChI is InChI=1S/C45H82O5/c1-4-7-10-13-15-17-19-20-21-22-23-24-25-26-27-28-30-33-35-38-44(46)49-42-43(50-45(47)39-36-32-12-9-6-3)41-48-40-37-34-31-29-18-16-14-11-8-5-2/h15,17,20-21,23-24,43H,4-14,16,18-19,22,25-42H2,1-3H3/b17-15-,21-20-,24-23-. The Bertz CT molecular complexity index is 801. The van der Waals surface area contributed by atoms with Crippen LogP contribution in [0.4, 0.5) is 0 Å². The van der Waals surface area contributed by atoms with Crippen molar-refractivity contribution in [2.75, 3.05) is 19.8 Å². The van der Waals surface area contributed by atoms with Gasteiger partial charge in [0.15, 0.2) is 6.10 Å². The molecule has 0 heterocycles. The van der Waals surface area contributed by atoms with Crippen molar-refractivity contribution < 1.29 is 23.8 Å². The molecule has 0 fully saturated rings. The van der Waals surface area contributed by atoms with E-state index in [1.165, 1.54) is 116 Å². The maximum atomic E-state index is 12.5. The molecule has 0 aromatic carbocycles. The number of hydrogen-bond donors (Lipinski definition) is 0. The SMILES string of the molecule is CCCCC/C=C\C/C=C\C/C=C\CCCCCCCCC(=O)OCC(COCCCCCCCCCCCC)OC(=O)CCCCCCC. The quantitative estimate of drug-likeness (QED) is 0.0362. The molecule has 0 aliphatic rings. The summed E-state index contributed by atoms with van der Waals surface area (Å²) in [6, 6.07) is 0. The van der Waals surface area contributed by atoms with Gasteiger partial charge in [-0.05, 0) is 57.8 Å². The van der Waals surface area contributed by atoms with Gasteiger partial charge in [-0.3, -0.25) is 9.59 Å². The number of ether oxygens (including phenoxy) is 3. The van der Waals surface area contributed by atoms with Crippen LogP contribution in [-0.4, -0.2) is 37.9 Å². The van der Waals surface area contributed by atoms with Gasteiger partial charge in [-0.15, -0.1) is 0 Å². The highest BCUT2D eigenvalue weighted by Gasteiger charge is 2.17. The van der Waals surface area contributed by atoms with Crippen LogP contribution in [0.5, 0.6) is 0 Å². The van der Waals surface area contributed by atoms with Crippen LogP contribution in [0, 0.1) is 0 Å². The molecule has 1 unspecified atom stereocenters. The molecule has 5 nitrogen and oxygen atoms in total. The van der Waals surface area contributed by atoms with Crippen molar-refractivity contribution in [2.24, 2.45) is 0 Å². The zero-order chi connectivity index (χ0) is 36.4. The largest absolute Gasteiger partial charge is 0.462 e. The summed E-state index contributed by atoms with van der Waals surface area (Å²) in [6.07, 6.45) is 47.3. The molecule has 292 valence electrons. The van der Waals surface area contributed by atoms with Gasteiger partial charge in [-0.25, -0.2) is 0 Å². The average molecular weight is 703 g/mol. The molecule has 0 aromatic rings. The second-order valence-corrected chi connectivity index (χ2v) is 14.3. The summed E-state index contributed by atoms with van der Waals surface area (Å²) in [7, 11) is 0. The van der Waals surface area contributed by atoms with Gasteiger partial charge >= 0.3 is 11.9 Å². The Labute approximate surface area is 310 Å². The maximum Gasteiger partial charge on any atom is 0.306 e. The van der Waals surface area contributed by atoms with E-state index in [0.29, 0.717) is 19.4 Å². The number of carbonyl (C=O) groups excluding carboxylic acids is 2. The Morgan fingerprint density at radius 1 is 0.440 bits per heavy atom. The fourth-order valence-electron chi connectivity index (χ4n) is 5.93. The molecule has 0 spiro atoms. The minimum Gasteiger partial charge on any atom is -0.462 e. The molecule has 0 amide bonds. The van der Waals surface area contributed by atoms with E-state index in [1.54, 1.807) is 0 Å². The highest BCUT2D eigenvalue weighted by molar-refractivity contribution is 5.70. The van der Waals surface area contributed by atoms with E-state index in [9.17, 15) is 9.59 Å². The summed E-state index contributed by atoms with van der Waals surface area (Å²) < 4.78 is 17.1. The Morgan fingerprint density at radius 2 is 0.840 bits per heavy atom. The van der Waals surface area contributed by atoms with Crippen LogP contribution in [0.25, 0.3) is 0 Å². The highest BCUT2D eigenvalue weighted by Crippen LogP contribution is 2.13. The molecule has 0 bridgehead atoms. The Kier molecular flexibility index (Phi) is 40.0. The van der Waals surface area contributed by atoms with E-state index >= 15 is 0 Å². The van der Waals surface area contributed by atoms with Gasteiger partial charge in [0.2, 0.25) is 0 Å². The first-order valence-electron chi connectivity index (χ1n) is 21.5. The van der Waals surface area contributed by atoms with Crippen molar-refractivity contribution >= 4 is 11.9 Å². The third kappa shape index (κ3) is 38.9. The zero-order valence-corrected chi connectivity index (χ0v) is 33.4. The van der Waals surface area contributed by atoms with Gasteiger partial charge in [0, 0.05) is 19.4 Å². The minimum atomic E-state index is -0.530. The molecule has 1 atom stereocenters. The van der Waals surface area contributed by atoms with E-state index < -0.39 is 6.10 Å². The molecule has 0 rings (SSSR count). The number of hydrogen-bond acceptors (Lipinski definition) is 5. The lowest BCUT2D eigenvalue weighted by Crippen LogP contribution is -2.30. The Hall–Kier alpha value is -1.88. The number of carbonyl (C=O) groups is 2. The van der Waals surface area contributed by atoms with Crippen LogP contribution >= 0.6 is 0 Å². The van der Waals surface area contributed by atoms with Gasteiger partial charge in [-0.2, -0.15) is 0 Å². The fraction of sp³-hybridized carbons (Fsp3) is 0.822. The Morgan fingerprint density at radius 3 is 1.38 bits per heavy atom.